The maximum absolute atomic E-state index is 5.79. The van der Waals surface area contributed by atoms with Gasteiger partial charge in [0.15, 0.2) is 0 Å². The maximum atomic E-state index is 5.79. The number of oxazole rings is 1. The average molecular weight is 299 g/mol. The number of aryl methyl sites for hydroxylation is 2. The van der Waals surface area contributed by atoms with Crippen molar-refractivity contribution in [1.82, 2.24) is 14.8 Å². The van der Waals surface area contributed by atoms with Crippen LogP contribution in [0, 0.1) is 13.8 Å². The summed E-state index contributed by atoms with van der Waals surface area (Å²) < 4.78 is 7.67. The molecule has 0 unspecified atom stereocenters. The molecule has 0 N–H and O–H groups in total. The van der Waals surface area contributed by atoms with Gasteiger partial charge in [-0.1, -0.05) is 0 Å². The number of hydrogen-bond donors (Lipinski definition) is 0. The van der Waals surface area contributed by atoms with Gasteiger partial charge >= 0.3 is 0 Å². The number of hydrogen-bond acceptors (Lipinski definition) is 4. The van der Waals surface area contributed by atoms with Gasteiger partial charge in [0.25, 0.3) is 0 Å². The minimum Gasteiger partial charge on any atom is -0.441 e. The van der Waals surface area contributed by atoms with Crippen LogP contribution >= 0.6 is 11.8 Å². The third-order valence-electron chi connectivity index (χ3n) is 3.30. The monoisotopic (exact) mass is 299 g/mol. The number of thioether (sulfide) groups is 1. The summed E-state index contributed by atoms with van der Waals surface area (Å²) in [5.41, 5.74) is 3.06. The summed E-state index contributed by atoms with van der Waals surface area (Å²) >= 11 is 1.72. The fourth-order valence-corrected chi connectivity index (χ4v) is 2.55. The highest BCUT2D eigenvalue weighted by Gasteiger charge is 2.12. The first kappa shape index (κ1) is 13.9. The SMILES string of the molecule is CSc1ccc(-c2nc(Cn3cc(C)cn3)c(C)o2)cc1. The molecule has 21 heavy (non-hydrogen) atoms. The lowest BCUT2D eigenvalue weighted by atomic mass is 10.2. The van der Waals surface area contributed by atoms with Crippen LogP contribution in [0.15, 0.2) is 46.0 Å². The zero-order chi connectivity index (χ0) is 14.8. The molecule has 0 fully saturated rings. The molecule has 2 aromatic heterocycles. The first-order chi connectivity index (χ1) is 10.2. The van der Waals surface area contributed by atoms with E-state index in [0.717, 1.165) is 22.6 Å². The van der Waals surface area contributed by atoms with E-state index in [1.807, 2.05) is 43.1 Å². The second-order valence-electron chi connectivity index (χ2n) is 4.97. The molecule has 0 radical (unpaired) electrons. The van der Waals surface area contributed by atoms with Gasteiger partial charge in [-0.05, 0) is 49.9 Å². The Morgan fingerprint density at radius 2 is 1.95 bits per heavy atom. The molecule has 2 heterocycles. The zero-order valence-electron chi connectivity index (χ0n) is 12.3. The molecule has 1 aromatic carbocycles. The second kappa shape index (κ2) is 5.77. The van der Waals surface area contributed by atoms with Crippen molar-refractivity contribution in [1.29, 1.82) is 0 Å². The zero-order valence-corrected chi connectivity index (χ0v) is 13.1. The molecule has 4 nitrogen and oxygen atoms in total. The fraction of sp³-hybridized carbons (Fsp3) is 0.250. The highest BCUT2D eigenvalue weighted by Crippen LogP contribution is 2.24. The van der Waals surface area contributed by atoms with Crippen LogP contribution in [0.25, 0.3) is 11.5 Å². The fourth-order valence-electron chi connectivity index (χ4n) is 2.14. The van der Waals surface area contributed by atoms with Crippen molar-refractivity contribution in [2.45, 2.75) is 25.3 Å². The molecule has 0 amide bonds. The summed E-state index contributed by atoms with van der Waals surface area (Å²) in [5, 5.41) is 4.29. The predicted octanol–water partition coefficient (Wildman–Crippen LogP) is 3.93. The van der Waals surface area contributed by atoms with Crippen LogP contribution < -0.4 is 0 Å². The van der Waals surface area contributed by atoms with Crippen LogP contribution in [0.1, 0.15) is 17.0 Å². The van der Waals surface area contributed by atoms with Gasteiger partial charge in [-0.25, -0.2) is 4.98 Å². The van der Waals surface area contributed by atoms with Gasteiger partial charge < -0.3 is 4.42 Å². The van der Waals surface area contributed by atoms with Crippen LogP contribution in [-0.4, -0.2) is 21.0 Å². The predicted molar refractivity (Wildman–Crippen MR) is 84.5 cm³/mol. The van der Waals surface area contributed by atoms with Crippen LogP contribution in [0.3, 0.4) is 0 Å². The molecular weight excluding hydrogens is 282 g/mol. The van der Waals surface area contributed by atoms with Crippen molar-refractivity contribution in [3.63, 3.8) is 0 Å². The number of benzene rings is 1. The average Bonchev–Trinajstić information content (AvgIpc) is 3.06. The second-order valence-corrected chi connectivity index (χ2v) is 5.85. The molecule has 5 heteroatoms. The highest BCUT2D eigenvalue weighted by molar-refractivity contribution is 7.98. The van der Waals surface area contributed by atoms with Gasteiger partial charge in [-0.2, -0.15) is 5.10 Å². The molecule has 108 valence electrons. The quantitative estimate of drug-likeness (QED) is 0.685. The lowest BCUT2D eigenvalue weighted by Gasteiger charge is -1.98. The van der Waals surface area contributed by atoms with Gasteiger partial charge in [0, 0.05) is 16.7 Å². The molecule has 0 aliphatic carbocycles. The van der Waals surface area contributed by atoms with E-state index in [1.54, 1.807) is 11.8 Å². The van der Waals surface area contributed by atoms with Crippen molar-refractivity contribution in [3.8, 4) is 11.5 Å². The molecule has 0 atom stereocenters. The Kier molecular flexibility index (Phi) is 3.84. The lowest BCUT2D eigenvalue weighted by molar-refractivity contribution is 0.536. The van der Waals surface area contributed by atoms with Crippen molar-refractivity contribution in [2.75, 3.05) is 6.26 Å². The van der Waals surface area contributed by atoms with E-state index in [0.29, 0.717) is 12.4 Å². The molecule has 0 saturated heterocycles. The molecule has 0 spiro atoms. The standard InChI is InChI=1S/C16H17N3OS/c1-11-8-17-19(9-11)10-15-12(2)20-16(18-15)13-4-6-14(21-3)7-5-13/h4-9H,10H2,1-3H3. The minimum absolute atomic E-state index is 0.631. The Balaban J connectivity index is 1.86. The van der Waals surface area contributed by atoms with Gasteiger partial charge in [-0.3, -0.25) is 4.68 Å². The Labute approximate surface area is 128 Å². The lowest BCUT2D eigenvalue weighted by Crippen LogP contribution is -2.01. The first-order valence-electron chi connectivity index (χ1n) is 6.75. The number of nitrogens with zero attached hydrogens (tertiary/aromatic N) is 3. The largest absolute Gasteiger partial charge is 0.441 e. The van der Waals surface area contributed by atoms with Gasteiger partial charge in [-0.15, -0.1) is 11.8 Å². The summed E-state index contributed by atoms with van der Waals surface area (Å²) in [6.07, 6.45) is 5.91. The van der Waals surface area contributed by atoms with Gasteiger partial charge in [0.1, 0.15) is 11.5 Å². The van der Waals surface area contributed by atoms with Crippen LogP contribution in [0.2, 0.25) is 0 Å². The molecular formula is C16H17N3OS. The van der Waals surface area contributed by atoms with E-state index in [2.05, 4.69) is 28.5 Å². The summed E-state index contributed by atoms with van der Waals surface area (Å²) in [4.78, 5) is 5.84. The number of aromatic nitrogens is 3. The molecule has 0 aliphatic rings. The van der Waals surface area contributed by atoms with Crippen LogP contribution in [0.4, 0.5) is 0 Å². The highest BCUT2D eigenvalue weighted by atomic mass is 32.2. The molecule has 0 aliphatic heterocycles. The van der Waals surface area contributed by atoms with Crippen LogP contribution in [0.5, 0.6) is 0 Å². The third kappa shape index (κ3) is 3.03. The summed E-state index contributed by atoms with van der Waals surface area (Å²) in [6, 6.07) is 8.24. The van der Waals surface area contributed by atoms with E-state index in [-0.39, 0.29) is 0 Å². The van der Waals surface area contributed by atoms with Crippen molar-refractivity contribution >= 4 is 11.8 Å². The van der Waals surface area contributed by atoms with Crippen LogP contribution in [-0.2, 0) is 6.54 Å². The van der Waals surface area contributed by atoms with E-state index in [1.165, 1.54) is 4.90 Å². The van der Waals surface area contributed by atoms with Crippen molar-refractivity contribution in [2.24, 2.45) is 0 Å². The van der Waals surface area contributed by atoms with Crippen molar-refractivity contribution < 1.29 is 4.42 Å². The summed E-state index contributed by atoms with van der Waals surface area (Å²) in [6.45, 7) is 4.60. The molecule has 3 aromatic rings. The van der Waals surface area contributed by atoms with E-state index in [4.69, 9.17) is 4.42 Å². The van der Waals surface area contributed by atoms with E-state index >= 15 is 0 Å². The third-order valence-corrected chi connectivity index (χ3v) is 4.05. The maximum Gasteiger partial charge on any atom is 0.226 e. The first-order valence-corrected chi connectivity index (χ1v) is 7.98. The molecule has 0 saturated carbocycles. The van der Waals surface area contributed by atoms with E-state index < -0.39 is 0 Å². The Hall–Kier alpha value is -2.01. The topological polar surface area (TPSA) is 43.9 Å². The van der Waals surface area contributed by atoms with E-state index in [9.17, 15) is 0 Å². The smallest absolute Gasteiger partial charge is 0.226 e. The minimum atomic E-state index is 0.631. The Morgan fingerprint density at radius 3 is 2.57 bits per heavy atom. The van der Waals surface area contributed by atoms with Crippen molar-refractivity contribution in [3.05, 3.63) is 53.7 Å². The Morgan fingerprint density at radius 1 is 1.19 bits per heavy atom. The Bertz CT molecular complexity index is 743. The summed E-state index contributed by atoms with van der Waals surface area (Å²) in [5.74, 6) is 1.51. The summed E-state index contributed by atoms with van der Waals surface area (Å²) in [7, 11) is 0. The molecule has 0 bridgehead atoms. The molecule has 3 rings (SSSR count). The number of rotatable bonds is 4. The van der Waals surface area contributed by atoms with Gasteiger partial charge in [0.05, 0.1) is 12.7 Å². The normalized spacial score (nSPS) is 11.0. The van der Waals surface area contributed by atoms with Gasteiger partial charge in [0.2, 0.25) is 5.89 Å².